The van der Waals surface area contributed by atoms with Gasteiger partial charge in [0.1, 0.15) is 6.61 Å². The van der Waals surface area contributed by atoms with Crippen molar-refractivity contribution >= 4 is 23.0 Å². The molecular weight excluding hydrogens is 276 g/mol. The van der Waals surface area contributed by atoms with Gasteiger partial charge in [0, 0.05) is 11.3 Å². The Hall–Kier alpha value is -1.27. The summed E-state index contributed by atoms with van der Waals surface area (Å²) in [5.41, 5.74) is 2.82. The second-order valence-corrected chi connectivity index (χ2v) is 6.00. The Morgan fingerprint density at radius 2 is 2.15 bits per heavy atom. The molecule has 1 heterocycles. The lowest BCUT2D eigenvalue weighted by molar-refractivity contribution is -0.130. The number of nitrogens with zero attached hydrogens (tertiary/aromatic N) is 1. The first-order valence-electron chi connectivity index (χ1n) is 6.68. The molecule has 0 aliphatic carbocycles. The molecule has 1 unspecified atom stereocenters. The number of carbonyl (C=O) groups excluding carboxylic acids is 2. The summed E-state index contributed by atoms with van der Waals surface area (Å²) >= 11 is 1.59. The summed E-state index contributed by atoms with van der Waals surface area (Å²) in [7, 11) is 0. The third kappa shape index (κ3) is 5.38. The summed E-state index contributed by atoms with van der Waals surface area (Å²) in [4.78, 5) is 28.4. The normalized spacial score (nSPS) is 12.4. The minimum Gasteiger partial charge on any atom is -0.371 e. The minimum absolute atomic E-state index is 0.0195. The number of thiazole rings is 1. The number of nitrogens with one attached hydrogen (secondary N) is 1. The number of ether oxygens (including phenoxy) is 1. The van der Waals surface area contributed by atoms with Gasteiger partial charge in [-0.25, -0.2) is 4.98 Å². The van der Waals surface area contributed by atoms with E-state index in [1.54, 1.807) is 16.8 Å². The van der Waals surface area contributed by atoms with Gasteiger partial charge in [0.15, 0.2) is 5.78 Å². The number of hydrogen-bond donors (Lipinski definition) is 1. The fourth-order valence-corrected chi connectivity index (χ4v) is 2.61. The van der Waals surface area contributed by atoms with E-state index in [9.17, 15) is 9.59 Å². The molecule has 1 aromatic rings. The molecule has 5 nitrogen and oxygen atoms in total. The number of amides is 1. The van der Waals surface area contributed by atoms with Crippen molar-refractivity contribution in [3.8, 4) is 0 Å². The van der Waals surface area contributed by atoms with E-state index in [4.69, 9.17) is 4.74 Å². The zero-order chi connectivity index (χ0) is 15.1. The summed E-state index contributed by atoms with van der Waals surface area (Å²) in [5, 5.41) is 2.70. The van der Waals surface area contributed by atoms with Crippen molar-refractivity contribution in [2.75, 3.05) is 13.2 Å². The first-order valence-corrected chi connectivity index (χ1v) is 7.56. The molecule has 0 saturated heterocycles. The van der Waals surface area contributed by atoms with E-state index in [1.165, 1.54) is 11.8 Å². The van der Waals surface area contributed by atoms with E-state index >= 15 is 0 Å². The Kier molecular flexibility index (Phi) is 6.81. The van der Waals surface area contributed by atoms with Gasteiger partial charge < -0.3 is 10.1 Å². The Balaban J connectivity index is 2.26. The molecule has 1 rings (SSSR count). The van der Waals surface area contributed by atoms with Crippen molar-refractivity contribution in [3.63, 3.8) is 0 Å². The summed E-state index contributed by atoms with van der Waals surface area (Å²) in [6.07, 6.45) is 0.754. The van der Waals surface area contributed by atoms with Crippen LogP contribution < -0.4 is 5.32 Å². The van der Waals surface area contributed by atoms with Gasteiger partial charge in [-0.3, -0.25) is 9.59 Å². The molecule has 0 radical (unpaired) electrons. The zero-order valence-electron chi connectivity index (χ0n) is 12.4. The fourth-order valence-electron chi connectivity index (χ4n) is 1.85. The highest BCUT2D eigenvalue weighted by Gasteiger charge is 2.20. The molecule has 1 N–H and O–H groups in total. The molecule has 1 aromatic heterocycles. The van der Waals surface area contributed by atoms with Crippen LogP contribution in [0.15, 0.2) is 5.51 Å². The topological polar surface area (TPSA) is 68.3 Å². The first kappa shape index (κ1) is 16.8. The molecule has 6 heteroatoms. The molecule has 0 spiro atoms. The molecule has 1 atom stereocenters. The van der Waals surface area contributed by atoms with Crippen LogP contribution in [0.5, 0.6) is 0 Å². The SMILES string of the molecule is CC(=O)C(NC(=O)COCCc1scnc1C)C(C)C. The van der Waals surface area contributed by atoms with Gasteiger partial charge in [0.2, 0.25) is 5.91 Å². The first-order chi connectivity index (χ1) is 9.41. The lowest BCUT2D eigenvalue weighted by Crippen LogP contribution is -2.44. The summed E-state index contributed by atoms with van der Waals surface area (Å²) in [6, 6.07) is -0.435. The van der Waals surface area contributed by atoms with Gasteiger partial charge >= 0.3 is 0 Å². The maximum absolute atomic E-state index is 11.7. The average molecular weight is 298 g/mol. The van der Waals surface area contributed by atoms with Crippen LogP contribution in [-0.2, 0) is 20.7 Å². The third-order valence-corrected chi connectivity index (χ3v) is 3.97. The Morgan fingerprint density at radius 1 is 1.45 bits per heavy atom. The number of rotatable bonds is 8. The predicted molar refractivity (Wildman–Crippen MR) is 78.8 cm³/mol. The zero-order valence-corrected chi connectivity index (χ0v) is 13.3. The average Bonchev–Trinajstić information content (AvgIpc) is 2.76. The van der Waals surface area contributed by atoms with Crippen LogP contribution in [0.25, 0.3) is 0 Å². The summed E-state index contributed by atoms with van der Waals surface area (Å²) in [5.74, 6) is -0.204. The molecule has 112 valence electrons. The third-order valence-electron chi connectivity index (χ3n) is 2.97. The van der Waals surface area contributed by atoms with Gasteiger partial charge in [-0.2, -0.15) is 0 Å². The van der Waals surface area contributed by atoms with Crippen molar-refractivity contribution in [1.82, 2.24) is 10.3 Å². The number of aryl methyl sites for hydroxylation is 1. The monoisotopic (exact) mass is 298 g/mol. The van der Waals surface area contributed by atoms with Crippen LogP contribution in [0.1, 0.15) is 31.3 Å². The van der Waals surface area contributed by atoms with Gasteiger partial charge in [-0.05, 0) is 19.8 Å². The van der Waals surface area contributed by atoms with E-state index in [0.29, 0.717) is 6.61 Å². The van der Waals surface area contributed by atoms with Crippen LogP contribution in [0.2, 0.25) is 0 Å². The molecule has 20 heavy (non-hydrogen) atoms. The second kappa shape index (κ2) is 8.11. The highest BCUT2D eigenvalue weighted by atomic mass is 32.1. The van der Waals surface area contributed by atoms with Crippen LogP contribution >= 0.6 is 11.3 Å². The number of aromatic nitrogens is 1. The molecule has 0 saturated carbocycles. The highest BCUT2D eigenvalue weighted by molar-refractivity contribution is 7.09. The standard InChI is InChI=1S/C14H22N2O3S/c1-9(2)14(11(4)17)16-13(18)7-19-6-5-12-10(3)15-8-20-12/h8-9,14H,5-7H2,1-4H3,(H,16,18). The molecule has 1 amide bonds. The molecular formula is C14H22N2O3S. The van der Waals surface area contributed by atoms with Crippen LogP contribution in [0.4, 0.5) is 0 Å². The van der Waals surface area contributed by atoms with E-state index in [2.05, 4.69) is 10.3 Å². The van der Waals surface area contributed by atoms with E-state index in [1.807, 2.05) is 20.8 Å². The number of hydrogen-bond acceptors (Lipinski definition) is 5. The maximum Gasteiger partial charge on any atom is 0.246 e. The lowest BCUT2D eigenvalue weighted by atomic mass is 10.0. The molecule has 0 aliphatic rings. The van der Waals surface area contributed by atoms with Crippen molar-refractivity contribution in [1.29, 1.82) is 0 Å². The van der Waals surface area contributed by atoms with E-state index in [0.717, 1.165) is 12.1 Å². The molecule has 0 fully saturated rings. The summed E-state index contributed by atoms with van der Waals surface area (Å²) < 4.78 is 5.34. The number of carbonyl (C=O) groups is 2. The quantitative estimate of drug-likeness (QED) is 0.742. The Morgan fingerprint density at radius 3 is 2.65 bits per heavy atom. The number of Topliss-reactive ketones (excluding diaryl/α,β-unsaturated/α-hetero) is 1. The second-order valence-electron chi connectivity index (χ2n) is 5.06. The largest absolute Gasteiger partial charge is 0.371 e. The van der Waals surface area contributed by atoms with Crippen LogP contribution in [0.3, 0.4) is 0 Å². The Labute approximate surface area is 123 Å². The van der Waals surface area contributed by atoms with Crippen molar-refractivity contribution in [2.24, 2.45) is 5.92 Å². The van der Waals surface area contributed by atoms with Crippen molar-refractivity contribution in [2.45, 2.75) is 40.2 Å². The smallest absolute Gasteiger partial charge is 0.246 e. The van der Waals surface area contributed by atoms with Crippen molar-refractivity contribution < 1.29 is 14.3 Å². The molecule has 0 aromatic carbocycles. The predicted octanol–water partition coefficient (Wildman–Crippen LogP) is 1.74. The van der Waals surface area contributed by atoms with Crippen molar-refractivity contribution in [3.05, 3.63) is 16.1 Å². The number of ketones is 1. The van der Waals surface area contributed by atoms with E-state index in [-0.39, 0.29) is 24.2 Å². The Bertz CT molecular complexity index is 457. The van der Waals surface area contributed by atoms with Gasteiger partial charge in [0.25, 0.3) is 0 Å². The lowest BCUT2D eigenvalue weighted by Gasteiger charge is -2.19. The van der Waals surface area contributed by atoms with Crippen LogP contribution in [0, 0.1) is 12.8 Å². The maximum atomic E-state index is 11.7. The fraction of sp³-hybridized carbons (Fsp3) is 0.643. The highest BCUT2D eigenvalue weighted by Crippen LogP contribution is 2.12. The van der Waals surface area contributed by atoms with Gasteiger partial charge in [-0.15, -0.1) is 11.3 Å². The molecule has 0 aliphatic heterocycles. The van der Waals surface area contributed by atoms with Gasteiger partial charge in [0.05, 0.1) is 23.9 Å². The summed E-state index contributed by atoms with van der Waals surface area (Å²) in [6.45, 7) is 7.70. The molecule has 0 bridgehead atoms. The van der Waals surface area contributed by atoms with Gasteiger partial charge in [-0.1, -0.05) is 13.8 Å². The van der Waals surface area contributed by atoms with E-state index < -0.39 is 6.04 Å². The van der Waals surface area contributed by atoms with Crippen LogP contribution in [-0.4, -0.2) is 35.9 Å². The minimum atomic E-state index is -0.435.